The van der Waals surface area contributed by atoms with Gasteiger partial charge in [-0.25, -0.2) is 0 Å². The molecule has 8 heteroatoms. The Labute approximate surface area is 154 Å². The van der Waals surface area contributed by atoms with Crippen molar-refractivity contribution >= 4 is 0 Å². The summed E-state index contributed by atoms with van der Waals surface area (Å²) >= 11 is 0. The maximum absolute atomic E-state index is 5.72. The van der Waals surface area contributed by atoms with Gasteiger partial charge >= 0.3 is 0 Å². The Balaban J connectivity index is 1.45. The molecule has 0 unspecified atom stereocenters. The average molecular weight is 363 g/mol. The molecule has 5 rings (SSSR count). The smallest absolute Gasteiger partial charge is 0.241 e. The van der Waals surface area contributed by atoms with Gasteiger partial charge in [0.2, 0.25) is 23.5 Å². The predicted octanol–water partition coefficient (Wildman–Crippen LogP) is 3.32. The first-order chi connectivity index (χ1) is 13.3. The van der Waals surface area contributed by atoms with Crippen molar-refractivity contribution in [3.63, 3.8) is 0 Å². The van der Waals surface area contributed by atoms with Crippen LogP contribution in [-0.2, 0) is 19.5 Å². The lowest BCUT2D eigenvalue weighted by Crippen LogP contribution is -2.34. The third-order valence-corrected chi connectivity index (χ3v) is 4.72. The highest BCUT2D eigenvalue weighted by Gasteiger charge is 2.32. The zero-order valence-electron chi connectivity index (χ0n) is 14.7. The standard InChI is InChI=1S/C19H17N5O3/c1-12-21-22-19(26-12)15-9-13-5-2-3-6-14(13)10-24(15)11-17-20-18(23-27-17)16-7-4-8-25-16/h2-8,15H,9-11H2,1H3/t15-/m0/s1. The molecular weight excluding hydrogens is 346 g/mol. The first-order valence-corrected chi connectivity index (χ1v) is 8.73. The van der Waals surface area contributed by atoms with Crippen LogP contribution in [0.5, 0.6) is 0 Å². The minimum Gasteiger partial charge on any atom is -0.461 e. The average Bonchev–Trinajstić information content (AvgIpc) is 3.42. The molecule has 1 aromatic carbocycles. The Kier molecular flexibility index (Phi) is 3.83. The van der Waals surface area contributed by atoms with Gasteiger partial charge in [0.1, 0.15) is 0 Å². The molecule has 0 saturated carbocycles. The van der Waals surface area contributed by atoms with Crippen molar-refractivity contribution in [1.29, 1.82) is 0 Å². The number of nitrogens with zero attached hydrogens (tertiary/aromatic N) is 5. The first kappa shape index (κ1) is 16.0. The maximum Gasteiger partial charge on any atom is 0.241 e. The second-order valence-electron chi connectivity index (χ2n) is 6.54. The van der Waals surface area contributed by atoms with Crippen LogP contribution in [-0.4, -0.2) is 25.2 Å². The van der Waals surface area contributed by atoms with Crippen LogP contribution in [0.4, 0.5) is 0 Å². The van der Waals surface area contributed by atoms with E-state index in [1.807, 2.05) is 0 Å². The lowest BCUT2D eigenvalue weighted by molar-refractivity contribution is 0.121. The van der Waals surface area contributed by atoms with Gasteiger partial charge in [-0.2, -0.15) is 4.98 Å². The van der Waals surface area contributed by atoms with Gasteiger partial charge in [0.05, 0.1) is 18.8 Å². The molecule has 4 heterocycles. The number of benzene rings is 1. The molecule has 0 saturated heterocycles. The lowest BCUT2D eigenvalue weighted by Gasteiger charge is -2.33. The van der Waals surface area contributed by atoms with Crippen LogP contribution >= 0.6 is 0 Å². The van der Waals surface area contributed by atoms with Gasteiger partial charge in [0.15, 0.2) is 5.76 Å². The van der Waals surface area contributed by atoms with Crippen LogP contribution in [0.25, 0.3) is 11.6 Å². The molecule has 1 aliphatic heterocycles. The summed E-state index contributed by atoms with van der Waals surface area (Å²) in [6.45, 7) is 3.01. The van der Waals surface area contributed by atoms with E-state index < -0.39 is 0 Å². The first-order valence-electron chi connectivity index (χ1n) is 8.73. The van der Waals surface area contributed by atoms with Gasteiger partial charge in [-0.3, -0.25) is 4.90 Å². The summed E-state index contributed by atoms with van der Waals surface area (Å²) in [6, 6.07) is 11.9. The molecule has 136 valence electrons. The number of aromatic nitrogens is 4. The monoisotopic (exact) mass is 363 g/mol. The zero-order chi connectivity index (χ0) is 18.2. The molecule has 0 aliphatic carbocycles. The van der Waals surface area contributed by atoms with E-state index in [0.717, 1.165) is 13.0 Å². The minimum atomic E-state index is -0.0416. The molecule has 3 aromatic heterocycles. The normalized spacial score (nSPS) is 17.1. The Bertz CT molecular complexity index is 1050. The second kappa shape index (κ2) is 6.48. The van der Waals surface area contributed by atoms with E-state index in [9.17, 15) is 0 Å². The molecular formula is C19H17N5O3. The third-order valence-electron chi connectivity index (χ3n) is 4.72. The van der Waals surface area contributed by atoms with E-state index in [2.05, 4.69) is 49.5 Å². The Morgan fingerprint density at radius 3 is 2.78 bits per heavy atom. The Morgan fingerprint density at radius 1 is 1.11 bits per heavy atom. The minimum absolute atomic E-state index is 0.0416. The number of hydrogen-bond donors (Lipinski definition) is 0. The fourth-order valence-electron chi connectivity index (χ4n) is 3.43. The lowest BCUT2D eigenvalue weighted by atomic mass is 9.94. The summed E-state index contributed by atoms with van der Waals surface area (Å²) in [7, 11) is 0. The number of furan rings is 1. The molecule has 0 amide bonds. The topological polar surface area (TPSA) is 94.2 Å². The van der Waals surface area contributed by atoms with Crippen LogP contribution in [0.3, 0.4) is 0 Å². The van der Waals surface area contributed by atoms with Gasteiger partial charge in [0.25, 0.3) is 0 Å². The van der Waals surface area contributed by atoms with Crippen LogP contribution < -0.4 is 0 Å². The summed E-state index contributed by atoms with van der Waals surface area (Å²) in [4.78, 5) is 6.67. The number of rotatable bonds is 4. The van der Waals surface area contributed by atoms with E-state index >= 15 is 0 Å². The van der Waals surface area contributed by atoms with Crippen molar-refractivity contribution in [3.8, 4) is 11.6 Å². The van der Waals surface area contributed by atoms with E-state index in [4.69, 9.17) is 13.4 Å². The fraction of sp³-hybridized carbons (Fsp3) is 0.263. The SMILES string of the molecule is Cc1nnc([C@@H]2Cc3ccccc3CN2Cc2nc(-c3ccco3)no2)o1. The van der Waals surface area contributed by atoms with Crippen LogP contribution in [0.1, 0.15) is 34.8 Å². The van der Waals surface area contributed by atoms with Crippen molar-refractivity contribution in [1.82, 2.24) is 25.2 Å². The van der Waals surface area contributed by atoms with Gasteiger partial charge in [-0.1, -0.05) is 29.4 Å². The van der Waals surface area contributed by atoms with Crippen molar-refractivity contribution < 1.29 is 13.4 Å². The van der Waals surface area contributed by atoms with Gasteiger partial charge in [-0.15, -0.1) is 10.2 Å². The van der Waals surface area contributed by atoms with Gasteiger partial charge in [0, 0.05) is 13.5 Å². The summed E-state index contributed by atoms with van der Waals surface area (Å²) < 4.78 is 16.5. The largest absolute Gasteiger partial charge is 0.461 e. The molecule has 0 bridgehead atoms. The van der Waals surface area contributed by atoms with E-state index in [0.29, 0.717) is 35.8 Å². The zero-order valence-corrected chi connectivity index (χ0v) is 14.7. The van der Waals surface area contributed by atoms with Gasteiger partial charge in [-0.05, 0) is 29.7 Å². The molecule has 4 aromatic rings. The summed E-state index contributed by atoms with van der Waals surface area (Å²) in [5.74, 6) is 2.70. The van der Waals surface area contributed by atoms with Crippen LogP contribution in [0, 0.1) is 6.92 Å². The summed E-state index contributed by atoms with van der Waals surface area (Å²) in [5, 5.41) is 12.2. The highest BCUT2D eigenvalue weighted by atomic mass is 16.5. The Hall–Kier alpha value is -3.26. The van der Waals surface area contributed by atoms with Gasteiger partial charge < -0.3 is 13.4 Å². The third kappa shape index (κ3) is 3.04. The number of aryl methyl sites for hydroxylation is 1. The fourth-order valence-corrected chi connectivity index (χ4v) is 3.43. The van der Waals surface area contributed by atoms with Crippen molar-refractivity contribution in [2.45, 2.75) is 32.5 Å². The van der Waals surface area contributed by atoms with E-state index in [-0.39, 0.29) is 6.04 Å². The van der Waals surface area contributed by atoms with Crippen molar-refractivity contribution in [2.75, 3.05) is 0 Å². The van der Waals surface area contributed by atoms with E-state index in [1.54, 1.807) is 25.3 Å². The number of fused-ring (bicyclic) bond motifs is 1. The molecule has 0 N–H and O–H groups in total. The molecule has 27 heavy (non-hydrogen) atoms. The molecule has 0 radical (unpaired) electrons. The molecule has 0 spiro atoms. The molecule has 0 fully saturated rings. The van der Waals surface area contributed by atoms with Crippen LogP contribution in [0.15, 0.2) is 56.0 Å². The molecule has 8 nitrogen and oxygen atoms in total. The highest BCUT2D eigenvalue weighted by Crippen LogP contribution is 2.33. The Morgan fingerprint density at radius 2 is 2.00 bits per heavy atom. The molecule has 1 aliphatic rings. The maximum atomic E-state index is 5.72. The van der Waals surface area contributed by atoms with E-state index in [1.165, 1.54) is 11.1 Å². The van der Waals surface area contributed by atoms with Crippen molar-refractivity contribution in [3.05, 3.63) is 71.5 Å². The number of hydrogen-bond acceptors (Lipinski definition) is 8. The second-order valence-corrected chi connectivity index (χ2v) is 6.54. The predicted molar refractivity (Wildman–Crippen MR) is 93.2 cm³/mol. The van der Waals surface area contributed by atoms with Crippen LogP contribution in [0.2, 0.25) is 0 Å². The summed E-state index contributed by atoms with van der Waals surface area (Å²) in [6.07, 6.45) is 2.37. The summed E-state index contributed by atoms with van der Waals surface area (Å²) in [5.41, 5.74) is 2.56. The molecule has 1 atom stereocenters. The van der Waals surface area contributed by atoms with Crippen molar-refractivity contribution in [2.24, 2.45) is 0 Å². The quantitative estimate of drug-likeness (QED) is 0.545. The highest BCUT2D eigenvalue weighted by molar-refractivity contribution is 5.44.